The van der Waals surface area contributed by atoms with E-state index in [0.717, 1.165) is 0 Å². The van der Waals surface area contributed by atoms with E-state index in [0.29, 0.717) is 15.5 Å². The Hall–Kier alpha value is -2.77. The molecule has 1 aromatic heterocycles. The summed E-state index contributed by atoms with van der Waals surface area (Å²) in [5.41, 5.74) is 0.433. The van der Waals surface area contributed by atoms with Crippen molar-refractivity contribution in [2.75, 3.05) is 5.32 Å². The van der Waals surface area contributed by atoms with Crippen LogP contribution in [0.15, 0.2) is 75.1 Å². The molecule has 0 unspecified atom stereocenters. The normalized spacial score (nSPS) is 10.4. The van der Waals surface area contributed by atoms with Crippen LogP contribution in [0, 0.1) is 10.1 Å². The standard InChI is InChI=1S/C17H11ClN2O4S/c18-11-7-8-16(13(10-11)20(22)23)25-15-6-2-1-4-12(15)19-17(21)14-5-3-9-24-14/h1-10H,(H,19,21). The Morgan fingerprint density at radius 2 is 1.92 bits per heavy atom. The van der Waals surface area contributed by atoms with Crippen LogP contribution in [-0.2, 0) is 0 Å². The van der Waals surface area contributed by atoms with Crippen molar-refractivity contribution in [3.05, 3.63) is 81.8 Å². The lowest BCUT2D eigenvalue weighted by atomic mass is 10.3. The SMILES string of the molecule is O=C(Nc1ccccc1Sc1ccc(Cl)cc1[N+](=O)[O-])c1ccco1. The van der Waals surface area contributed by atoms with Crippen LogP contribution in [0.3, 0.4) is 0 Å². The molecule has 0 radical (unpaired) electrons. The molecule has 1 N–H and O–H groups in total. The van der Waals surface area contributed by atoms with Gasteiger partial charge in [0, 0.05) is 16.0 Å². The molecular formula is C17H11ClN2O4S. The van der Waals surface area contributed by atoms with Gasteiger partial charge in [-0.2, -0.15) is 0 Å². The van der Waals surface area contributed by atoms with Crippen molar-refractivity contribution in [1.29, 1.82) is 0 Å². The summed E-state index contributed by atoms with van der Waals surface area (Å²) in [5.74, 6) is -0.221. The first-order valence-electron chi connectivity index (χ1n) is 7.10. The number of nitrogens with zero attached hydrogens (tertiary/aromatic N) is 1. The van der Waals surface area contributed by atoms with E-state index in [1.165, 1.54) is 24.1 Å². The van der Waals surface area contributed by atoms with E-state index in [1.807, 2.05) is 0 Å². The third-order valence-corrected chi connectivity index (χ3v) is 4.59. The van der Waals surface area contributed by atoms with E-state index in [9.17, 15) is 14.9 Å². The molecule has 0 atom stereocenters. The number of carbonyl (C=O) groups excluding carboxylic acids is 1. The smallest absolute Gasteiger partial charge is 0.291 e. The second-order valence-corrected chi connectivity index (χ2v) is 6.42. The van der Waals surface area contributed by atoms with Crippen LogP contribution in [0.1, 0.15) is 10.6 Å². The van der Waals surface area contributed by atoms with E-state index in [-0.39, 0.29) is 16.5 Å². The van der Waals surface area contributed by atoms with E-state index in [2.05, 4.69) is 5.32 Å². The molecule has 0 bridgehead atoms. The van der Waals surface area contributed by atoms with Crippen LogP contribution in [-0.4, -0.2) is 10.8 Å². The van der Waals surface area contributed by atoms with Crippen molar-refractivity contribution in [1.82, 2.24) is 0 Å². The minimum absolute atomic E-state index is 0.0929. The number of benzene rings is 2. The van der Waals surface area contributed by atoms with Crippen LogP contribution >= 0.6 is 23.4 Å². The molecule has 0 saturated heterocycles. The molecule has 3 rings (SSSR count). The molecule has 0 saturated carbocycles. The van der Waals surface area contributed by atoms with Crippen molar-refractivity contribution >= 4 is 40.6 Å². The fourth-order valence-electron chi connectivity index (χ4n) is 2.09. The predicted octanol–water partition coefficient (Wildman–Crippen LogP) is 5.24. The summed E-state index contributed by atoms with van der Waals surface area (Å²) in [4.78, 5) is 24.0. The Morgan fingerprint density at radius 1 is 1.12 bits per heavy atom. The molecule has 25 heavy (non-hydrogen) atoms. The molecule has 8 heteroatoms. The number of nitrogens with one attached hydrogen (secondary N) is 1. The van der Waals surface area contributed by atoms with E-state index >= 15 is 0 Å². The maximum absolute atomic E-state index is 12.2. The van der Waals surface area contributed by atoms with Gasteiger partial charge < -0.3 is 9.73 Å². The van der Waals surface area contributed by atoms with Crippen LogP contribution in [0.5, 0.6) is 0 Å². The molecule has 0 aliphatic heterocycles. The first-order valence-corrected chi connectivity index (χ1v) is 8.30. The number of nitro benzene ring substituents is 1. The highest BCUT2D eigenvalue weighted by atomic mass is 35.5. The third-order valence-electron chi connectivity index (χ3n) is 3.22. The molecule has 2 aromatic carbocycles. The van der Waals surface area contributed by atoms with Gasteiger partial charge in [0.15, 0.2) is 5.76 Å². The predicted molar refractivity (Wildman–Crippen MR) is 95.3 cm³/mol. The van der Waals surface area contributed by atoms with Gasteiger partial charge in [0.2, 0.25) is 0 Å². The number of hydrogen-bond donors (Lipinski definition) is 1. The van der Waals surface area contributed by atoms with Crippen molar-refractivity contribution in [2.45, 2.75) is 9.79 Å². The number of carbonyl (C=O) groups is 1. The average Bonchev–Trinajstić information content (AvgIpc) is 3.12. The van der Waals surface area contributed by atoms with E-state index in [4.69, 9.17) is 16.0 Å². The van der Waals surface area contributed by atoms with Gasteiger partial charge in [-0.1, -0.05) is 35.5 Å². The van der Waals surface area contributed by atoms with Gasteiger partial charge in [-0.25, -0.2) is 0 Å². The van der Waals surface area contributed by atoms with Crippen LogP contribution in [0.4, 0.5) is 11.4 Å². The van der Waals surface area contributed by atoms with E-state index < -0.39 is 10.8 Å². The number of rotatable bonds is 5. The minimum Gasteiger partial charge on any atom is -0.459 e. The summed E-state index contributed by atoms with van der Waals surface area (Å²) >= 11 is 7.01. The van der Waals surface area contributed by atoms with Gasteiger partial charge >= 0.3 is 0 Å². The Bertz CT molecular complexity index is 928. The first kappa shape index (κ1) is 17.1. The molecule has 126 valence electrons. The molecule has 1 amide bonds. The Labute approximate surface area is 151 Å². The average molecular weight is 375 g/mol. The fourth-order valence-corrected chi connectivity index (χ4v) is 3.24. The Kier molecular flexibility index (Phi) is 5.06. The lowest BCUT2D eigenvalue weighted by molar-refractivity contribution is -0.387. The highest BCUT2D eigenvalue weighted by Crippen LogP contribution is 2.39. The lowest BCUT2D eigenvalue weighted by Gasteiger charge is -2.10. The Morgan fingerprint density at radius 3 is 2.64 bits per heavy atom. The zero-order chi connectivity index (χ0) is 17.8. The molecular weight excluding hydrogens is 364 g/mol. The monoisotopic (exact) mass is 374 g/mol. The Balaban J connectivity index is 1.89. The highest BCUT2D eigenvalue weighted by molar-refractivity contribution is 7.99. The quantitative estimate of drug-likeness (QED) is 0.487. The number of amides is 1. The molecule has 0 spiro atoms. The second kappa shape index (κ2) is 7.42. The second-order valence-electron chi connectivity index (χ2n) is 4.90. The zero-order valence-electron chi connectivity index (χ0n) is 12.6. The molecule has 0 aliphatic carbocycles. The number of halogens is 1. The molecule has 6 nitrogen and oxygen atoms in total. The number of nitro groups is 1. The van der Waals surface area contributed by atoms with Crippen LogP contribution in [0.25, 0.3) is 0 Å². The summed E-state index contributed by atoms with van der Waals surface area (Å²) in [5, 5.41) is 14.3. The van der Waals surface area contributed by atoms with Crippen molar-refractivity contribution in [3.8, 4) is 0 Å². The molecule has 0 aliphatic rings. The summed E-state index contributed by atoms with van der Waals surface area (Å²) in [7, 11) is 0. The maximum Gasteiger partial charge on any atom is 0.291 e. The first-order chi connectivity index (χ1) is 12.0. The van der Waals surface area contributed by atoms with Gasteiger partial charge in [0.1, 0.15) is 0 Å². The zero-order valence-corrected chi connectivity index (χ0v) is 14.2. The summed E-state index contributed by atoms with van der Waals surface area (Å²) < 4.78 is 5.07. The van der Waals surface area contributed by atoms with Gasteiger partial charge in [-0.3, -0.25) is 14.9 Å². The van der Waals surface area contributed by atoms with Crippen molar-refractivity contribution < 1.29 is 14.1 Å². The van der Waals surface area contributed by atoms with Crippen molar-refractivity contribution in [3.63, 3.8) is 0 Å². The van der Waals surface area contributed by atoms with Crippen molar-refractivity contribution in [2.24, 2.45) is 0 Å². The summed E-state index contributed by atoms with van der Waals surface area (Å²) in [6, 6.07) is 14.7. The largest absolute Gasteiger partial charge is 0.459 e. The summed E-state index contributed by atoms with van der Waals surface area (Å²) in [6.07, 6.45) is 1.41. The number of hydrogen-bond acceptors (Lipinski definition) is 5. The van der Waals surface area contributed by atoms with Gasteiger partial charge in [-0.15, -0.1) is 0 Å². The number of para-hydroxylation sites is 1. The molecule has 3 aromatic rings. The lowest BCUT2D eigenvalue weighted by Crippen LogP contribution is -2.11. The molecule has 0 fully saturated rings. The van der Waals surface area contributed by atoms with Gasteiger partial charge in [0.05, 0.1) is 21.8 Å². The van der Waals surface area contributed by atoms with Gasteiger partial charge in [0.25, 0.3) is 11.6 Å². The van der Waals surface area contributed by atoms with Gasteiger partial charge in [-0.05, 0) is 36.4 Å². The topological polar surface area (TPSA) is 85.4 Å². The maximum atomic E-state index is 12.2. The summed E-state index contributed by atoms with van der Waals surface area (Å²) in [6.45, 7) is 0. The highest BCUT2D eigenvalue weighted by Gasteiger charge is 2.18. The fraction of sp³-hybridized carbons (Fsp3) is 0. The number of furan rings is 1. The minimum atomic E-state index is -0.488. The molecule has 1 heterocycles. The third kappa shape index (κ3) is 4.01. The van der Waals surface area contributed by atoms with E-state index in [1.54, 1.807) is 48.5 Å². The number of anilines is 1. The van der Waals surface area contributed by atoms with Crippen LogP contribution in [0.2, 0.25) is 5.02 Å². The van der Waals surface area contributed by atoms with Crippen LogP contribution < -0.4 is 5.32 Å².